The third kappa shape index (κ3) is 1.78. The molecule has 0 N–H and O–H groups in total. The normalized spacial score (nSPS) is 10.7. The summed E-state index contributed by atoms with van der Waals surface area (Å²) in [7, 11) is 0. The van der Waals surface area contributed by atoms with E-state index in [1.807, 2.05) is 12.1 Å². The summed E-state index contributed by atoms with van der Waals surface area (Å²) in [5.74, 6) is 0.554. The molecule has 0 amide bonds. The fourth-order valence-corrected chi connectivity index (χ4v) is 1.76. The van der Waals surface area contributed by atoms with Gasteiger partial charge in [0.15, 0.2) is 11.4 Å². The second-order valence-electron chi connectivity index (χ2n) is 3.99. The summed E-state index contributed by atoms with van der Waals surface area (Å²) in [4.78, 5) is 19.6. The van der Waals surface area contributed by atoms with Gasteiger partial charge in [-0.1, -0.05) is 0 Å². The molecular formula is C14H10N2O2. The van der Waals surface area contributed by atoms with E-state index < -0.39 is 0 Å². The summed E-state index contributed by atoms with van der Waals surface area (Å²) < 4.78 is 5.64. The molecule has 4 heteroatoms. The molecule has 1 aromatic carbocycles. The number of ketones is 1. The highest BCUT2D eigenvalue weighted by Gasteiger charge is 2.09. The minimum atomic E-state index is 0.0189. The van der Waals surface area contributed by atoms with Crippen LogP contribution < -0.4 is 0 Å². The number of carbonyl (C=O) groups is 1. The zero-order valence-corrected chi connectivity index (χ0v) is 9.75. The Morgan fingerprint density at radius 1 is 1.17 bits per heavy atom. The fraction of sp³-hybridized carbons (Fsp3) is 0.0714. The van der Waals surface area contributed by atoms with E-state index in [1.165, 1.54) is 6.92 Å². The number of hydrogen-bond acceptors (Lipinski definition) is 4. The van der Waals surface area contributed by atoms with Crippen molar-refractivity contribution >= 4 is 16.9 Å². The predicted octanol–water partition coefficient (Wildman–Crippen LogP) is 3.09. The molecule has 0 spiro atoms. The second kappa shape index (κ2) is 4.07. The number of benzene rings is 1. The van der Waals surface area contributed by atoms with Gasteiger partial charge in [0, 0.05) is 23.5 Å². The minimum absolute atomic E-state index is 0.0189. The van der Waals surface area contributed by atoms with Crippen molar-refractivity contribution in [1.82, 2.24) is 9.97 Å². The number of nitrogens with zero attached hydrogens (tertiary/aromatic N) is 2. The Hall–Kier alpha value is -2.49. The van der Waals surface area contributed by atoms with Gasteiger partial charge in [0.2, 0.25) is 5.89 Å². The average Bonchev–Trinajstić information content (AvgIpc) is 2.82. The Labute approximate surface area is 103 Å². The van der Waals surface area contributed by atoms with E-state index in [4.69, 9.17) is 4.42 Å². The summed E-state index contributed by atoms with van der Waals surface area (Å²) in [6, 6.07) is 8.91. The van der Waals surface area contributed by atoms with Crippen LogP contribution in [0.1, 0.15) is 17.3 Å². The number of oxazole rings is 1. The lowest BCUT2D eigenvalue weighted by Gasteiger charge is -1.92. The SMILES string of the molecule is CC(=O)c1ccc2oc(-c3ccncc3)nc2c1. The van der Waals surface area contributed by atoms with Crippen LogP contribution in [0.5, 0.6) is 0 Å². The van der Waals surface area contributed by atoms with Crippen molar-refractivity contribution in [2.75, 3.05) is 0 Å². The number of Topliss-reactive ketones (excluding diaryl/α,β-unsaturated/α-hetero) is 1. The molecule has 18 heavy (non-hydrogen) atoms. The third-order valence-electron chi connectivity index (χ3n) is 2.72. The summed E-state index contributed by atoms with van der Waals surface area (Å²) in [6.07, 6.45) is 3.37. The number of fused-ring (bicyclic) bond motifs is 1. The molecule has 0 atom stereocenters. The zero-order chi connectivity index (χ0) is 12.5. The smallest absolute Gasteiger partial charge is 0.227 e. The van der Waals surface area contributed by atoms with Crippen molar-refractivity contribution in [3.8, 4) is 11.5 Å². The van der Waals surface area contributed by atoms with Crippen LogP contribution in [0.15, 0.2) is 47.1 Å². The molecule has 4 nitrogen and oxygen atoms in total. The molecule has 0 radical (unpaired) electrons. The molecule has 0 bridgehead atoms. The fourth-order valence-electron chi connectivity index (χ4n) is 1.76. The average molecular weight is 238 g/mol. The number of pyridine rings is 1. The van der Waals surface area contributed by atoms with Crippen LogP contribution in [0, 0.1) is 0 Å². The van der Waals surface area contributed by atoms with Crippen LogP contribution >= 0.6 is 0 Å². The third-order valence-corrected chi connectivity index (χ3v) is 2.72. The first-order chi connectivity index (χ1) is 8.74. The van der Waals surface area contributed by atoms with Crippen LogP contribution in [0.4, 0.5) is 0 Å². The van der Waals surface area contributed by atoms with Crippen LogP contribution in [-0.4, -0.2) is 15.8 Å². The van der Waals surface area contributed by atoms with Gasteiger partial charge in [-0.05, 0) is 37.3 Å². The first-order valence-corrected chi connectivity index (χ1v) is 5.56. The highest BCUT2D eigenvalue weighted by molar-refractivity contribution is 5.97. The molecule has 3 aromatic rings. The lowest BCUT2D eigenvalue weighted by molar-refractivity contribution is 0.101. The Morgan fingerprint density at radius 2 is 1.94 bits per heavy atom. The summed E-state index contributed by atoms with van der Waals surface area (Å²) >= 11 is 0. The summed E-state index contributed by atoms with van der Waals surface area (Å²) in [6.45, 7) is 1.53. The molecule has 3 rings (SSSR count). The van der Waals surface area contributed by atoms with E-state index in [0.717, 1.165) is 5.56 Å². The molecule has 2 heterocycles. The van der Waals surface area contributed by atoms with E-state index >= 15 is 0 Å². The summed E-state index contributed by atoms with van der Waals surface area (Å²) in [5, 5.41) is 0. The van der Waals surface area contributed by atoms with Crippen molar-refractivity contribution < 1.29 is 9.21 Å². The largest absolute Gasteiger partial charge is 0.436 e. The monoisotopic (exact) mass is 238 g/mol. The van der Waals surface area contributed by atoms with E-state index in [-0.39, 0.29) is 5.78 Å². The van der Waals surface area contributed by atoms with Gasteiger partial charge in [-0.15, -0.1) is 0 Å². The first-order valence-electron chi connectivity index (χ1n) is 5.56. The van der Waals surface area contributed by atoms with Gasteiger partial charge in [0.1, 0.15) is 5.52 Å². The van der Waals surface area contributed by atoms with Crippen LogP contribution in [0.2, 0.25) is 0 Å². The number of aromatic nitrogens is 2. The molecule has 0 fully saturated rings. The Morgan fingerprint density at radius 3 is 2.67 bits per heavy atom. The number of hydrogen-bond donors (Lipinski definition) is 0. The van der Waals surface area contributed by atoms with Gasteiger partial charge in [-0.3, -0.25) is 9.78 Å². The van der Waals surface area contributed by atoms with Gasteiger partial charge in [-0.25, -0.2) is 4.98 Å². The van der Waals surface area contributed by atoms with Gasteiger partial charge in [0.05, 0.1) is 0 Å². The molecule has 2 aromatic heterocycles. The maximum absolute atomic E-state index is 11.3. The standard InChI is InChI=1S/C14H10N2O2/c1-9(17)11-2-3-13-12(8-11)16-14(18-13)10-4-6-15-7-5-10/h2-8H,1H3. The number of rotatable bonds is 2. The predicted molar refractivity (Wildman–Crippen MR) is 67.2 cm³/mol. The molecule has 0 aliphatic carbocycles. The molecule has 0 unspecified atom stereocenters. The lowest BCUT2D eigenvalue weighted by Crippen LogP contribution is -1.90. The van der Waals surface area contributed by atoms with Crippen molar-refractivity contribution in [3.63, 3.8) is 0 Å². The van der Waals surface area contributed by atoms with E-state index in [2.05, 4.69) is 9.97 Å². The zero-order valence-electron chi connectivity index (χ0n) is 9.75. The molecule has 0 saturated carbocycles. The topological polar surface area (TPSA) is 56.0 Å². The van der Waals surface area contributed by atoms with Gasteiger partial charge < -0.3 is 4.42 Å². The van der Waals surface area contributed by atoms with Crippen LogP contribution in [0.3, 0.4) is 0 Å². The van der Waals surface area contributed by atoms with Crippen molar-refractivity contribution in [3.05, 3.63) is 48.3 Å². The second-order valence-corrected chi connectivity index (χ2v) is 3.99. The molecular weight excluding hydrogens is 228 g/mol. The molecule has 0 saturated heterocycles. The summed E-state index contributed by atoms with van der Waals surface area (Å²) in [5.41, 5.74) is 2.86. The van der Waals surface area contributed by atoms with E-state index in [9.17, 15) is 4.79 Å². The first kappa shape index (κ1) is 10.7. The molecule has 0 aliphatic heterocycles. The van der Waals surface area contributed by atoms with Crippen molar-refractivity contribution in [2.24, 2.45) is 0 Å². The maximum Gasteiger partial charge on any atom is 0.227 e. The Bertz CT molecular complexity index is 717. The van der Waals surface area contributed by atoms with Gasteiger partial charge >= 0.3 is 0 Å². The van der Waals surface area contributed by atoms with E-state index in [0.29, 0.717) is 22.6 Å². The lowest BCUT2D eigenvalue weighted by atomic mass is 10.1. The highest BCUT2D eigenvalue weighted by atomic mass is 16.3. The van der Waals surface area contributed by atoms with Crippen molar-refractivity contribution in [2.45, 2.75) is 6.92 Å². The minimum Gasteiger partial charge on any atom is -0.436 e. The Kier molecular flexibility index (Phi) is 2.41. The molecule has 0 aliphatic rings. The Balaban J connectivity index is 2.14. The van der Waals surface area contributed by atoms with Crippen LogP contribution in [-0.2, 0) is 0 Å². The maximum atomic E-state index is 11.3. The quantitative estimate of drug-likeness (QED) is 0.644. The van der Waals surface area contributed by atoms with Crippen LogP contribution in [0.25, 0.3) is 22.6 Å². The van der Waals surface area contributed by atoms with Crippen molar-refractivity contribution in [1.29, 1.82) is 0 Å². The number of carbonyl (C=O) groups excluding carboxylic acids is 1. The van der Waals surface area contributed by atoms with E-state index in [1.54, 1.807) is 30.6 Å². The highest BCUT2D eigenvalue weighted by Crippen LogP contribution is 2.24. The van der Waals surface area contributed by atoms with Gasteiger partial charge in [0.25, 0.3) is 0 Å². The van der Waals surface area contributed by atoms with Gasteiger partial charge in [-0.2, -0.15) is 0 Å². The molecule has 88 valence electrons.